The maximum absolute atomic E-state index is 14.9. The van der Waals surface area contributed by atoms with E-state index < -0.39 is 59.0 Å². The highest BCUT2D eigenvalue weighted by atomic mass is 16.2. The van der Waals surface area contributed by atoms with Gasteiger partial charge in [-0.15, -0.1) is 0 Å². The van der Waals surface area contributed by atoms with Crippen molar-refractivity contribution < 1.29 is 28.8 Å². The second-order valence-corrected chi connectivity index (χ2v) is 18.4. The van der Waals surface area contributed by atoms with Crippen LogP contribution in [0, 0.1) is 38.9 Å². The van der Waals surface area contributed by atoms with E-state index >= 15 is 0 Å². The van der Waals surface area contributed by atoms with Crippen molar-refractivity contribution in [1.29, 1.82) is 0 Å². The smallest absolute Gasteiger partial charge is 0.287 e. The topological polar surface area (TPSA) is 194 Å². The zero-order chi connectivity index (χ0) is 36.7. The van der Waals surface area contributed by atoms with Crippen molar-refractivity contribution in [3.05, 3.63) is 24.3 Å². The number of hydrogen-bond acceptors (Lipinski definition) is 8. The molecule has 51 heavy (non-hydrogen) atoms. The SMILES string of the molecule is CC(C)(C)[C@@H]1NC(=O)[C@@H](NC(=O)c2cnccn2)C2CCCC3(C2)CC2(C3)C(C)(C)C23C[C@@H](C(=O)NC(CC2CCC2)C(=O)C(N)=O)N(C3)C1=O. The Hall–Kier alpha value is -3.90. The number of carbonyl (C=O) groups is 6. The Morgan fingerprint density at radius 3 is 2.37 bits per heavy atom. The molecule has 4 saturated carbocycles. The average Bonchev–Trinajstić information content (AvgIpc) is 3.29. The molecule has 0 radical (unpaired) electrons. The first-order chi connectivity index (χ1) is 23.9. The fraction of sp³-hybridized carbons (Fsp3) is 0.737. The normalized spacial score (nSPS) is 36.0. The molecule has 5 N–H and O–H groups in total. The summed E-state index contributed by atoms with van der Waals surface area (Å²) in [4.78, 5) is 92.0. The summed E-state index contributed by atoms with van der Waals surface area (Å²) >= 11 is 0. The third kappa shape index (κ3) is 5.55. The molecule has 8 rings (SSSR count). The van der Waals surface area contributed by atoms with E-state index in [1.807, 2.05) is 20.8 Å². The van der Waals surface area contributed by atoms with Gasteiger partial charge in [0.2, 0.25) is 23.5 Å². The average molecular weight is 704 g/mol. The zero-order valence-corrected chi connectivity index (χ0v) is 30.5. The first kappa shape index (κ1) is 35.5. The molecular weight excluding hydrogens is 650 g/mol. The van der Waals surface area contributed by atoms with Gasteiger partial charge in [-0.1, -0.05) is 60.3 Å². The lowest BCUT2D eigenvalue weighted by molar-refractivity contribution is -0.145. The van der Waals surface area contributed by atoms with Crippen LogP contribution in [0.2, 0.25) is 0 Å². The van der Waals surface area contributed by atoms with Gasteiger partial charge in [0.25, 0.3) is 11.8 Å². The number of rotatable bonds is 8. The molecule has 3 spiro atoms. The van der Waals surface area contributed by atoms with Crippen molar-refractivity contribution >= 4 is 35.3 Å². The molecule has 4 heterocycles. The molecule has 1 aromatic heterocycles. The molecule has 4 aliphatic carbocycles. The number of nitrogens with zero attached hydrogens (tertiary/aromatic N) is 3. The monoisotopic (exact) mass is 703 g/mol. The van der Waals surface area contributed by atoms with Gasteiger partial charge in [-0.3, -0.25) is 33.8 Å². The van der Waals surface area contributed by atoms with Crippen LogP contribution >= 0.6 is 0 Å². The standard InChI is InChI=1S/C38H53N7O6/c1-34(2,3)28-33(51)45-20-37(16-25(45)31(49)42-23(27(46)29(39)47)14-21-8-6-9-21)35(4,5)38(37)18-36(19-38)11-7-10-22(15-36)26(32(50)44-28)43-30(48)24-17-40-12-13-41-24/h12-13,17,21-23,25-26,28H,6-11,14-16,18-20H2,1-5H3,(H2,39,47)(H,42,49)(H,43,48)(H,44,50)/t22?,23?,25-,26-,28+,36?,37?,38?/m0/s1. The fourth-order valence-corrected chi connectivity index (χ4v) is 11.4. The number of primary amides is 1. The molecule has 13 nitrogen and oxygen atoms in total. The lowest BCUT2D eigenvalue weighted by Crippen LogP contribution is -2.62. The van der Waals surface area contributed by atoms with Gasteiger partial charge in [-0.05, 0) is 78.4 Å². The highest BCUT2D eigenvalue weighted by Gasteiger charge is 2.88. The summed E-state index contributed by atoms with van der Waals surface area (Å²) in [7, 11) is 0. The highest BCUT2D eigenvalue weighted by Crippen LogP contribution is 2.92. The third-order valence-electron chi connectivity index (χ3n) is 14.4. The Labute approximate surface area is 299 Å². The summed E-state index contributed by atoms with van der Waals surface area (Å²) < 4.78 is 0. The summed E-state index contributed by atoms with van der Waals surface area (Å²) in [6.07, 6.45) is 13.3. The molecule has 3 aliphatic heterocycles. The lowest BCUT2D eigenvalue weighted by Gasteiger charge is -2.56. The summed E-state index contributed by atoms with van der Waals surface area (Å²) in [5.74, 6) is -3.61. The number of nitrogens with two attached hydrogens (primary N) is 1. The molecular formula is C38H53N7O6. The Kier molecular flexibility index (Phi) is 8.41. The molecule has 7 aliphatic rings. The van der Waals surface area contributed by atoms with Crippen LogP contribution < -0.4 is 21.7 Å². The minimum atomic E-state index is -1.09. The number of aromatic nitrogens is 2. The number of amides is 5. The summed E-state index contributed by atoms with van der Waals surface area (Å²) in [6, 6.07) is -3.86. The maximum Gasteiger partial charge on any atom is 0.287 e. The van der Waals surface area contributed by atoms with Crippen LogP contribution in [0.4, 0.5) is 0 Å². The van der Waals surface area contributed by atoms with Crippen molar-refractivity contribution in [2.75, 3.05) is 6.54 Å². The summed E-state index contributed by atoms with van der Waals surface area (Å²) in [6.45, 7) is 10.5. The van der Waals surface area contributed by atoms with E-state index in [9.17, 15) is 28.8 Å². The van der Waals surface area contributed by atoms with Crippen molar-refractivity contribution in [1.82, 2.24) is 30.8 Å². The molecule has 3 unspecified atom stereocenters. The Morgan fingerprint density at radius 2 is 1.76 bits per heavy atom. The molecule has 276 valence electrons. The highest BCUT2D eigenvalue weighted by molar-refractivity contribution is 6.37. The number of ketones is 1. The Bertz CT molecular complexity index is 1640. The van der Waals surface area contributed by atoms with E-state index in [0.29, 0.717) is 19.4 Å². The van der Waals surface area contributed by atoms with Crippen molar-refractivity contribution in [2.24, 2.45) is 44.6 Å². The van der Waals surface area contributed by atoms with Gasteiger partial charge in [0.1, 0.15) is 23.8 Å². The van der Waals surface area contributed by atoms with Gasteiger partial charge in [-0.2, -0.15) is 0 Å². The number of hydrogen-bond donors (Lipinski definition) is 4. The van der Waals surface area contributed by atoms with Gasteiger partial charge >= 0.3 is 0 Å². The lowest BCUT2D eigenvalue weighted by atomic mass is 9.49. The number of carbonyl (C=O) groups excluding carboxylic acids is 6. The van der Waals surface area contributed by atoms with Crippen LogP contribution in [-0.4, -0.2) is 80.9 Å². The van der Waals surface area contributed by atoms with E-state index in [0.717, 1.165) is 57.8 Å². The van der Waals surface area contributed by atoms with Crippen LogP contribution in [0.3, 0.4) is 0 Å². The van der Waals surface area contributed by atoms with Crippen molar-refractivity contribution in [3.8, 4) is 0 Å². The van der Waals surface area contributed by atoms with Gasteiger partial charge in [0, 0.05) is 24.4 Å². The Balaban J connectivity index is 1.25. The van der Waals surface area contributed by atoms with Crippen LogP contribution in [0.5, 0.6) is 0 Å². The van der Waals surface area contributed by atoms with Crippen LogP contribution in [0.15, 0.2) is 18.6 Å². The Morgan fingerprint density at radius 1 is 1.04 bits per heavy atom. The second-order valence-electron chi connectivity index (χ2n) is 18.4. The number of fused-ring (bicyclic) bond motifs is 4. The van der Waals surface area contributed by atoms with Crippen molar-refractivity contribution in [2.45, 2.75) is 129 Å². The first-order valence-electron chi connectivity index (χ1n) is 18.8. The van der Waals surface area contributed by atoms with E-state index in [4.69, 9.17) is 5.73 Å². The molecule has 3 saturated heterocycles. The predicted molar refractivity (Wildman–Crippen MR) is 185 cm³/mol. The summed E-state index contributed by atoms with van der Waals surface area (Å²) in [5.41, 5.74) is 4.19. The van der Waals surface area contributed by atoms with E-state index in [2.05, 4.69) is 39.8 Å². The van der Waals surface area contributed by atoms with Crippen LogP contribution in [-0.2, 0) is 24.0 Å². The number of nitrogens with one attached hydrogen (secondary N) is 3. The number of Topliss-reactive ketones (excluding diaryl/α,β-unsaturated/α-hetero) is 1. The maximum atomic E-state index is 14.9. The summed E-state index contributed by atoms with van der Waals surface area (Å²) in [5, 5.41) is 8.91. The molecule has 7 fully saturated rings. The first-order valence-corrected chi connectivity index (χ1v) is 18.8. The van der Waals surface area contributed by atoms with Gasteiger partial charge in [0.05, 0.1) is 12.2 Å². The van der Waals surface area contributed by atoms with Gasteiger partial charge < -0.3 is 26.6 Å². The minimum absolute atomic E-state index is 0.00601. The molecule has 0 aromatic carbocycles. The molecule has 1 aromatic rings. The van der Waals surface area contributed by atoms with E-state index in [1.165, 1.54) is 18.6 Å². The molecule has 6 atom stereocenters. The predicted octanol–water partition coefficient (Wildman–Crippen LogP) is 2.43. The molecule has 5 amide bonds. The van der Waals surface area contributed by atoms with Gasteiger partial charge in [0.15, 0.2) is 0 Å². The van der Waals surface area contributed by atoms with E-state index in [-0.39, 0.29) is 45.1 Å². The molecule has 13 heteroatoms. The quantitative estimate of drug-likeness (QED) is 0.297. The molecule has 5 bridgehead atoms. The largest absolute Gasteiger partial charge is 0.363 e. The minimum Gasteiger partial charge on any atom is -0.363 e. The van der Waals surface area contributed by atoms with Crippen molar-refractivity contribution in [3.63, 3.8) is 0 Å². The fourth-order valence-electron chi connectivity index (χ4n) is 11.4. The van der Waals surface area contributed by atoms with Crippen LogP contribution in [0.25, 0.3) is 0 Å². The third-order valence-corrected chi connectivity index (χ3v) is 14.4. The zero-order valence-electron chi connectivity index (χ0n) is 30.5. The van der Waals surface area contributed by atoms with Gasteiger partial charge in [-0.25, -0.2) is 4.98 Å². The van der Waals surface area contributed by atoms with Crippen LogP contribution in [0.1, 0.15) is 116 Å². The second kappa shape index (κ2) is 12.1. The van der Waals surface area contributed by atoms with E-state index in [1.54, 1.807) is 4.90 Å².